The summed E-state index contributed by atoms with van der Waals surface area (Å²) in [6.45, 7) is 1.81. The Labute approximate surface area is 161 Å². The fourth-order valence-corrected chi connectivity index (χ4v) is 2.63. The third-order valence-electron chi connectivity index (χ3n) is 3.28. The molecule has 0 unspecified atom stereocenters. The van der Waals surface area contributed by atoms with Crippen LogP contribution in [0.1, 0.15) is 12.5 Å². The summed E-state index contributed by atoms with van der Waals surface area (Å²) in [6, 6.07) is 10.6. The first kappa shape index (κ1) is 19.3. The van der Waals surface area contributed by atoms with Crippen molar-refractivity contribution in [3.63, 3.8) is 0 Å². The van der Waals surface area contributed by atoms with Crippen LogP contribution in [0.3, 0.4) is 0 Å². The predicted molar refractivity (Wildman–Crippen MR) is 108 cm³/mol. The highest BCUT2D eigenvalue weighted by Crippen LogP contribution is 2.29. The fourth-order valence-electron chi connectivity index (χ4n) is 2.04. The lowest BCUT2D eigenvalue weighted by Gasteiger charge is -2.12. The Balaban J connectivity index is 2.06. The minimum Gasteiger partial charge on any atom is -0.493 e. The lowest BCUT2D eigenvalue weighted by molar-refractivity contribution is 0.355. The average Bonchev–Trinajstić information content (AvgIpc) is 2.61. The van der Waals surface area contributed by atoms with Gasteiger partial charge in [-0.3, -0.25) is 5.43 Å². The Hall–Kier alpha value is -2.02. The van der Waals surface area contributed by atoms with Gasteiger partial charge in [-0.25, -0.2) is 0 Å². The van der Waals surface area contributed by atoms with Gasteiger partial charge < -0.3 is 14.8 Å². The maximum absolute atomic E-state index is 6.16. The molecule has 0 heterocycles. The molecule has 0 amide bonds. The van der Waals surface area contributed by atoms with Gasteiger partial charge in [0.1, 0.15) is 0 Å². The molecular weight excluding hydrogens is 381 g/mol. The number of benzene rings is 2. The number of hydrogen-bond acceptors (Lipinski definition) is 4. The zero-order valence-electron chi connectivity index (χ0n) is 13.9. The third kappa shape index (κ3) is 5.22. The average molecular weight is 398 g/mol. The topological polar surface area (TPSA) is 54.9 Å². The summed E-state index contributed by atoms with van der Waals surface area (Å²) in [5.41, 5.74) is 4.90. The standard InChI is InChI=1S/C17H17Cl2N3O2S/c1-10(13-8-11(18)4-6-14(13)19)21-22-17(25)20-12-5-7-15(23-2)16(9-12)24-3/h4-9H,1-3H3,(H2,20,22,25)/b21-10-. The van der Waals surface area contributed by atoms with Crippen LogP contribution in [0.5, 0.6) is 11.5 Å². The molecule has 0 radical (unpaired) electrons. The number of nitrogens with one attached hydrogen (secondary N) is 2. The van der Waals surface area contributed by atoms with Crippen molar-refractivity contribution in [1.82, 2.24) is 5.43 Å². The van der Waals surface area contributed by atoms with Gasteiger partial charge in [0.15, 0.2) is 16.6 Å². The van der Waals surface area contributed by atoms with E-state index < -0.39 is 0 Å². The maximum Gasteiger partial charge on any atom is 0.191 e. The van der Waals surface area contributed by atoms with E-state index in [-0.39, 0.29) is 0 Å². The number of rotatable bonds is 5. The van der Waals surface area contributed by atoms with E-state index in [0.717, 1.165) is 11.3 Å². The van der Waals surface area contributed by atoms with E-state index in [1.807, 2.05) is 13.0 Å². The molecule has 0 aliphatic rings. The Morgan fingerprint density at radius 2 is 1.76 bits per heavy atom. The number of ether oxygens (including phenoxy) is 2. The van der Waals surface area contributed by atoms with Gasteiger partial charge in [-0.2, -0.15) is 5.10 Å². The van der Waals surface area contributed by atoms with Crippen LogP contribution in [0, 0.1) is 0 Å². The largest absolute Gasteiger partial charge is 0.493 e. The number of halogens is 2. The highest BCUT2D eigenvalue weighted by Gasteiger charge is 2.07. The molecule has 8 heteroatoms. The fraction of sp³-hybridized carbons (Fsp3) is 0.176. The molecule has 0 aliphatic carbocycles. The minimum absolute atomic E-state index is 0.324. The van der Waals surface area contributed by atoms with Crippen molar-refractivity contribution in [2.75, 3.05) is 19.5 Å². The van der Waals surface area contributed by atoms with Gasteiger partial charge in [-0.15, -0.1) is 0 Å². The highest BCUT2D eigenvalue weighted by atomic mass is 35.5. The van der Waals surface area contributed by atoms with E-state index in [9.17, 15) is 0 Å². The summed E-state index contributed by atoms with van der Waals surface area (Å²) < 4.78 is 10.5. The molecule has 0 saturated carbocycles. The van der Waals surface area contributed by atoms with Crippen LogP contribution in [0.15, 0.2) is 41.5 Å². The quantitative estimate of drug-likeness (QED) is 0.434. The normalized spacial score (nSPS) is 11.0. The van der Waals surface area contributed by atoms with Gasteiger partial charge >= 0.3 is 0 Å². The van der Waals surface area contributed by atoms with Gasteiger partial charge in [0.05, 0.1) is 19.9 Å². The van der Waals surface area contributed by atoms with Crippen molar-refractivity contribution >= 4 is 51.9 Å². The molecule has 5 nitrogen and oxygen atoms in total. The predicted octanol–water partition coefficient (Wildman–Crippen LogP) is 4.72. The Morgan fingerprint density at radius 1 is 1.04 bits per heavy atom. The summed E-state index contributed by atoms with van der Waals surface area (Å²) in [5.74, 6) is 1.23. The van der Waals surface area contributed by atoms with E-state index >= 15 is 0 Å². The van der Waals surface area contributed by atoms with Crippen LogP contribution in [0.4, 0.5) is 5.69 Å². The molecule has 0 atom stereocenters. The summed E-state index contributed by atoms with van der Waals surface area (Å²) >= 11 is 17.4. The monoisotopic (exact) mass is 397 g/mol. The van der Waals surface area contributed by atoms with E-state index in [1.54, 1.807) is 44.6 Å². The molecule has 0 saturated heterocycles. The summed E-state index contributed by atoms with van der Waals surface area (Å²) in [7, 11) is 3.15. The summed E-state index contributed by atoms with van der Waals surface area (Å²) in [5, 5.41) is 8.72. The zero-order chi connectivity index (χ0) is 18.4. The van der Waals surface area contributed by atoms with Gasteiger partial charge in [0.25, 0.3) is 0 Å². The second kappa shape index (κ2) is 8.89. The third-order valence-corrected chi connectivity index (χ3v) is 4.04. The van der Waals surface area contributed by atoms with Gasteiger partial charge in [-0.1, -0.05) is 23.2 Å². The van der Waals surface area contributed by atoms with E-state index in [1.165, 1.54) is 0 Å². The van der Waals surface area contributed by atoms with Crippen LogP contribution < -0.4 is 20.2 Å². The molecule has 0 aromatic heterocycles. The molecule has 0 spiro atoms. The van der Waals surface area contributed by atoms with Gasteiger partial charge in [-0.05, 0) is 49.5 Å². The van der Waals surface area contributed by atoms with Crippen molar-refractivity contribution in [3.8, 4) is 11.5 Å². The molecule has 2 aromatic rings. The van der Waals surface area contributed by atoms with Crippen molar-refractivity contribution in [2.45, 2.75) is 6.92 Å². The summed E-state index contributed by atoms with van der Waals surface area (Å²) in [6.07, 6.45) is 0. The second-order valence-corrected chi connectivity index (χ2v) is 6.21. The second-order valence-electron chi connectivity index (χ2n) is 4.96. The van der Waals surface area contributed by atoms with Crippen molar-refractivity contribution in [2.24, 2.45) is 5.10 Å². The first-order chi connectivity index (χ1) is 11.9. The van der Waals surface area contributed by atoms with E-state index in [2.05, 4.69) is 15.8 Å². The first-order valence-corrected chi connectivity index (χ1v) is 8.39. The smallest absolute Gasteiger partial charge is 0.191 e. The van der Waals surface area contributed by atoms with Crippen LogP contribution in [-0.4, -0.2) is 25.0 Å². The number of methoxy groups -OCH3 is 2. The molecule has 2 aromatic carbocycles. The lowest BCUT2D eigenvalue weighted by Crippen LogP contribution is -2.25. The number of hydrazone groups is 1. The lowest BCUT2D eigenvalue weighted by atomic mass is 10.1. The van der Waals surface area contributed by atoms with Crippen molar-refractivity contribution in [3.05, 3.63) is 52.0 Å². The molecule has 2 N–H and O–H groups in total. The van der Waals surface area contributed by atoms with E-state index in [0.29, 0.717) is 32.4 Å². The van der Waals surface area contributed by atoms with Crippen LogP contribution in [0.2, 0.25) is 10.0 Å². The van der Waals surface area contributed by atoms with Crippen molar-refractivity contribution < 1.29 is 9.47 Å². The Morgan fingerprint density at radius 3 is 2.44 bits per heavy atom. The maximum atomic E-state index is 6.16. The molecule has 2 rings (SSSR count). The number of nitrogens with zero attached hydrogens (tertiary/aromatic N) is 1. The molecule has 0 bridgehead atoms. The number of thiocarbonyl (C=S) groups is 1. The Kier molecular flexibility index (Phi) is 6.87. The molecule has 0 aliphatic heterocycles. The van der Waals surface area contributed by atoms with Crippen LogP contribution in [0.25, 0.3) is 0 Å². The van der Waals surface area contributed by atoms with E-state index in [4.69, 9.17) is 44.9 Å². The zero-order valence-corrected chi connectivity index (χ0v) is 16.2. The van der Waals surface area contributed by atoms with Gasteiger partial charge in [0.2, 0.25) is 0 Å². The van der Waals surface area contributed by atoms with Crippen molar-refractivity contribution in [1.29, 1.82) is 0 Å². The molecule has 132 valence electrons. The highest BCUT2D eigenvalue weighted by molar-refractivity contribution is 7.80. The first-order valence-electron chi connectivity index (χ1n) is 7.23. The Bertz CT molecular complexity index is 812. The van der Waals surface area contributed by atoms with Crippen LogP contribution >= 0.6 is 35.4 Å². The molecular formula is C17H17Cl2N3O2S. The minimum atomic E-state index is 0.324. The summed E-state index contributed by atoms with van der Waals surface area (Å²) in [4.78, 5) is 0. The van der Waals surface area contributed by atoms with Crippen LogP contribution in [-0.2, 0) is 0 Å². The molecule has 0 fully saturated rings. The number of anilines is 1. The molecule has 25 heavy (non-hydrogen) atoms. The number of hydrogen-bond donors (Lipinski definition) is 2. The van der Waals surface area contributed by atoms with Gasteiger partial charge in [0, 0.05) is 27.4 Å². The SMILES string of the molecule is COc1ccc(NC(=S)N/N=C(/C)c2cc(Cl)ccc2Cl)cc1OC.